The van der Waals surface area contributed by atoms with E-state index in [-0.39, 0.29) is 10.7 Å². The maximum Gasteiger partial charge on any atom is 0.254 e. The highest BCUT2D eigenvalue weighted by atomic mass is 79.9. The molecule has 0 aromatic rings. The summed E-state index contributed by atoms with van der Waals surface area (Å²) in [6, 6.07) is 0. The van der Waals surface area contributed by atoms with E-state index in [2.05, 4.69) is 26.5 Å². The number of alkyl halides is 1. The van der Waals surface area contributed by atoms with Gasteiger partial charge in [-0.25, -0.2) is 5.43 Å². The second kappa shape index (κ2) is 2.47. The van der Waals surface area contributed by atoms with Crippen LogP contribution in [-0.4, -0.2) is 16.4 Å². The maximum atomic E-state index is 10.7. The van der Waals surface area contributed by atoms with E-state index in [1.165, 1.54) is 0 Å². The maximum absolute atomic E-state index is 10.7. The lowest BCUT2D eigenvalue weighted by Gasteiger charge is -2.12. The SMILES string of the molecule is CC1=NNC(=O)C(Br)C1. The lowest BCUT2D eigenvalue weighted by molar-refractivity contribution is -0.120. The monoisotopic (exact) mass is 190 g/mol. The van der Waals surface area contributed by atoms with Gasteiger partial charge in [0.2, 0.25) is 0 Å². The van der Waals surface area contributed by atoms with Gasteiger partial charge < -0.3 is 0 Å². The van der Waals surface area contributed by atoms with E-state index in [0.29, 0.717) is 6.42 Å². The Labute approximate surface area is 61.6 Å². The minimum Gasteiger partial charge on any atom is -0.272 e. The van der Waals surface area contributed by atoms with Gasteiger partial charge in [-0.3, -0.25) is 4.79 Å². The quantitative estimate of drug-likeness (QED) is 0.561. The van der Waals surface area contributed by atoms with Crippen molar-refractivity contribution in [1.29, 1.82) is 0 Å². The largest absolute Gasteiger partial charge is 0.272 e. The van der Waals surface area contributed by atoms with Gasteiger partial charge in [-0.2, -0.15) is 5.10 Å². The van der Waals surface area contributed by atoms with Gasteiger partial charge in [-0.15, -0.1) is 0 Å². The zero-order valence-electron chi connectivity index (χ0n) is 5.02. The first-order chi connectivity index (χ1) is 4.20. The summed E-state index contributed by atoms with van der Waals surface area (Å²) in [6.07, 6.45) is 0.714. The molecule has 0 aromatic carbocycles. The molecule has 9 heavy (non-hydrogen) atoms. The fourth-order valence-corrected chi connectivity index (χ4v) is 1.19. The summed E-state index contributed by atoms with van der Waals surface area (Å²) in [6.45, 7) is 1.88. The molecule has 1 atom stereocenters. The molecule has 1 heterocycles. The van der Waals surface area contributed by atoms with Crippen LogP contribution in [0, 0.1) is 0 Å². The van der Waals surface area contributed by atoms with Gasteiger partial charge in [0.15, 0.2) is 0 Å². The van der Waals surface area contributed by atoms with Crippen molar-refractivity contribution >= 4 is 27.5 Å². The number of hydrogen-bond acceptors (Lipinski definition) is 2. The van der Waals surface area contributed by atoms with E-state index in [9.17, 15) is 4.79 Å². The number of carbonyl (C=O) groups excluding carboxylic acids is 1. The number of rotatable bonds is 0. The van der Waals surface area contributed by atoms with Crippen molar-refractivity contribution in [1.82, 2.24) is 5.43 Å². The molecule has 50 valence electrons. The molecular weight excluding hydrogens is 184 g/mol. The third-order valence-electron chi connectivity index (χ3n) is 1.12. The third-order valence-corrected chi connectivity index (χ3v) is 1.86. The molecule has 1 amide bonds. The Hall–Kier alpha value is -0.380. The molecule has 0 saturated heterocycles. The van der Waals surface area contributed by atoms with Crippen LogP contribution >= 0.6 is 15.9 Å². The van der Waals surface area contributed by atoms with Gasteiger partial charge in [0.05, 0.1) is 0 Å². The molecule has 0 aromatic heterocycles. The number of nitrogens with one attached hydrogen (secondary N) is 1. The van der Waals surface area contributed by atoms with Gasteiger partial charge in [0.1, 0.15) is 4.83 Å². The van der Waals surface area contributed by atoms with Crippen LogP contribution in [0.2, 0.25) is 0 Å². The predicted molar refractivity (Wildman–Crippen MR) is 38.6 cm³/mol. The van der Waals surface area contributed by atoms with E-state index in [1.54, 1.807) is 0 Å². The van der Waals surface area contributed by atoms with Gasteiger partial charge in [0.25, 0.3) is 5.91 Å². The first-order valence-electron chi connectivity index (χ1n) is 2.67. The highest BCUT2D eigenvalue weighted by Crippen LogP contribution is 2.09. The number of hydrogen-bond donors (Lipinski definition) is 1. The minimum atomic E-state index is -0.0880. The van der Waals surface area contributed by atoms with Crippen LogP contribution < -0.4 is 5.43 Å². The molecule has 0 radical (unpaired) electrons. The zero-order chi connectivity index (χ0) is 6.85. The molecule has 1 aliphatic rings. The number of amides is 1. The molecule has 1 N–H and O–H groups in total. The van der Waals surface area contributed by atoms with E-state index < -0.39 is 0 Å². The van der Waals surface area contributed by atoms with Crippen molar-refractivity contribution in [2.24, 2.45) is 5.10 Å². The molecule has 3 nitrogen and oxygen atoms in total. The van der Waals surface area contributed by atoms with Crippen molar-refractivity contribution in [2.45, 2.75) is 18.2 Å². The summed E-state index contributed by atoms with van der Waals surface area (Å²) in [5.41, 5.74) is 3.34. The third kappa shape index (κ3) is 1.51. The Kier molecular flexibility index (Phi) is 1.85. The Morgan fingerprint density at radius 1 is 1.89 bits per heavy atom. The molecule has 0 fully saturated rings. The summed E-state index contributed by atoms with van der Waals surface area (Å²) in [4.78, 5) is 10.6. The van der Waals surface area contributed by atoms with Crippen molar-refractivity contribution in [3.8, 4) is 0 Å². The molecule has 0 saturated carbocycles. The second-order valence-corrected chi connectivity index (χ2v) is 3.10. The van der Waals surface area contributed by atoms with Crippen LogP contribution in [0.15, 0.2) is 5.10 Å². The lowest BCUT2D eigenvalue weighted by Crippen LogP contribution is -2.33. The first-order valence-corrected chi connectivity index (χ1v) is 3.59. The summed E-state index contributed by atoms with van der Waals surface area (Å²) >= 11 is 3.20. The summed E-state index contributed by atoms with van der Waals surface area (Å²) < 4.78 is 0. The fraction of sp³-hybridized carbons (Fsp3) is 0.600. The van der Waals surface area contributed by atoms with Gasteiger partial charge in [-0.1, -0.05) is 15.9 Å². The Balaban J connectivity index is 2.65. The van der Waals surface area contributed by atoms with Crippen molar-refractivity contribution in [3.63, 3.8) is 0 Å². The Morgan fingerprint density at radius 3 is 3.00 bits per heavy atom. The van der Waals surface area contributed by atoms with Crippen LogP contribution in [0.25, 0.3) is 0 Å². The first kappa shape index (κ1) is 6.74. The molecule has 1 unspecified atom stereocenters. The number of hydrazone groups is 1. The molecule has 4 heteroatoms. The van der Waals surface area contributed by atoms with Crippen LogP contribution in [0.4, 0.5) is 0 Å². The molecule has 0 aliphatic carbocycles. The minimum absolute atomic E-state index is 0.0550. The summed E-state index contributed by atoms with van der Waals surface area (Å²) in [5, 5.41) is 3.75. The van der Waals surface area contributed by atoms with Crippen molar-refractivity contribution in [3.05, 3.63) is 0 Å². The smallest absolute Gasteiger partial charge is 0.254 e. The average molecular weight is 191 g/mol. The van der Waals surface area contributed by atoms with E-state index in [0.717, 1.165) is 5.71 Å². The van der Waals surface area contributed by atoms with Crippen LogP contribution in [0.1, 0.15) is 13.3 Å². The highest BCUT2D eigenvalue weighted by molar-refractivity contribution is 9.10. The lowest BCUT2D eigenvalue weighted by atomic mass is 10.2. The molecule has 1 aliphatic heterocycles. The average Bonchev–Trinajstić information content (AvgIpc) is 1.80. The molecular formula is C5H7BrN2O. The normalized spacial score (nSPS) is 27.1. The van der Waals surface area contributed by atoms with Gasteiger partial charge >= 0.3 is 0 Å². The van der Waals surface area contributed by atoms with Crippen molar-refractivity contribution in [2.75, 3.05) is 0 Å². The van der Waals surface area contributed by atoms with Crippen molar-refractivity contribution < 1.29 is 4.79 Å². The fourth-order valence-electron chi connectivity index (χ4n) is 0.618. The number of carbonyl (C=O) groups is 1. The van der Waals surface area contributed by atoms with Crippen LogP contribution in [0.5, 0.6) is 0 Å². The van der Waals surface area contributed by atoms with E-state index in [4.69, 9.17) is 0 Å². The molecule has 0 bridgehead atoms. The second-order valence-electron chi connectivity index (χ2n) is 1.99. The molecule has 0 spiro atoms. The summed E-state index contributed by atoms with van der Waals surface area (Å²) in [5.74, 6) is -0.0550. The Bertz CT molecular complexity index is 166. The zero-order valence-corrected chi connectivity index (χ0v) is 6.60. The number of nitrogens with zero attached hydrogens (tertiary/aromatic N) is 1. The van der Waals surface area contributed by atoms with E-state index >= 15 is 0 Å². The van der Waals surface area contributed by atoms with Gasteiger partial charge in [0, 0.05) is 12.1 Å². The van der Waals surface area contributed by atoms with Crippen LogP contribution in [-0.2, 0) is 4.79 Å². The molecule has 1 rings (SSSR count). The van der Waals surface area contributed by atoms with Gasteiger partial charge in [-0.05, 0) is 6.92 Å². The topological polar surface area (TPSA) is 41.5 Å². The van der Waals surface area contributed by atoms with E-state index in [1.807, 2.05) is 6.92 Å². The number of halogens is 1. The summed E-state index contributed by atoms with van der Waals surface area (Å²) in [7, 11) is 0. The Morgan fingerprint density at radius 2 is 2.56 bits per heavy atom. The van der Waals surface area contributed by atoms with Crippen LogP contribution in [0.3, 0.4) is 0 Å². The highest BCUT2D eigenvalue weighted by Gasteiger charge is 2.18. The predicted octanol–water partition coefficient (Wildman–Crippen LogP) is 0.646. The standard InChI is InChI=1S/C5H7BrN2O/c1-3-2-4(6)5(9)8-7-3/h4H,2H2,1H3,(H,8,9).